The fraction of sp³-hybridized carbons (Fsp3) is 0.200. The summed E-state index contributed by atoms with van der Waals surface area (Å²) >= 11 is 0. The summed E-state index contributed by atoms with van der Waals surface area (Å²) in [6.45, 7) is 2.79. The van der Waals surface area contributed by atoms with Gasteiger partial charge in [-0.15, -0.1) is 0 Å². The Morgan fingerprint density at radius 2 is 2.43 bits per heavy atom. The topological polar surface area (TPSA) is 42.2 Å². The van der Waals surface area contributed by atoms with Crippen LogP contribution in [0, 0.1) is 0 Å². The first-order valence-corrected chi connectivity index (χ1v) is 4.55. The molecule has 2 heterocycles. The molecule has 0 atom stereocenters. The second kappa shape index (κ2) is 3.91. The van der Waals surface area contributed by atoms with Crippen LogP contribution in [0.25, 0.3) is 5.78 Å². The van der Waals surface area contributed by atoms with E-state index in [0.29, 0.717) is 0 Å². The molecule has 0 bridgehead atoms. The molecule has 0 fully saturated rings. The first kappa shape index (κ1) is 8.74. The van der Waals surface area contributed by atoms with E-state index in [2.05, 4.69) is 15.3 Å². The molecule has 0 amide bonds. The molecular weight excluding hydrogens is 176 g/mol. The highest BCUT2D eigenvalue weighted by Crippen LogP contribution is 2.04. The summed E-state index contributed by atoms with van der Waals surface area (Å²) in [5.74, 6) is 1.57. The molecule has 0 saturated carbocycles. The van der Waals surface area contributed by atoms with Crippen LogP contribution in [0.2, 0.25) is 0 Å². The Morgan fingerprint density at radius 3 is 3.29 bits per heavy atom. The number of fused-ring (bicyclic) bond motifs is 1. The Bertz CT molecular complexity index is 444. The predicted octanol–water partition coefficient (Wildman–Crippen LogP) is 1.72. The second-order valence-corrected chi connectivity index (χ2v) is 2.90. The van der Waals surface area contributed by atoms with E-state index in [1.165, 1.54) is 0 Å². The number of allylic oxidation sites excluding steroid dienone is 1. The van der Waals surface area contributed by atoms with E-state index in [1.807, 2.05) is 41.9 Å². The fourth-order valence-electron chi connectivity index (χ4n) is 1.18. The third-order valence-electron chi connectivity index (χ3n) is 1.90. The van der Waals surface area contributed by atoms with Gasteiger partial charge in [-0.05, 0) is 13.0 Å². The van der Waals surface area contributed by atoms with Gasteiger partial charge in [0.1, 0.15) is 5.82 Å². The zero-order valence-corrected chi connectivity index (χ0v) is 8.01. The van der Waals surface area contributed by atoms with Crippen molar-refractivity contribution >= 4 is 11.6 Å². The third kappa shape index (κ3) is 1.74. The van der Waals surface area contributed by atoms with Gasteiger partial charge in [0.15, 0.2) is 0 Å². The summed E-state index contributed by atoms with van der Waals surface area (Å²) in [5.41, 5.74) is 0. The highest BCUT2D eigenvalue weighted by molar-refractivity contribution is 5.42. The molecule has 14 heavy (non-hydrogen) atoms. The van der Waals surface area contributed by atoms with Crippen molar-refractivity contribution in [2.45, 2.75) is 6.92 Å². The third-order valence-corrected chi connectivity index (χ3v) is 1.90. The quantitative estimate of drug-likeness (QED) is 0.746. The Morgan fingerprint density at radius 1 is 1.50 bits per heavy atom. The minimum Gasteiger partial charge on any atom is -0.366 e. The predicted molar refractivity (Wildman–Crippen MR) is 56.3 cm³/mol. The molecule has 0 saturated heterocycles. The number of rotatable bonds is 3. The van der Waals surface area contributed by atoms with Gasteiger partial charge >= 0.3 is 0 Å². The van der Waals surface area contributed by atoms with E-state index in [4.69, 9.17) is 0 Å². The lowest BCUT2D eigenvalue weighted by Gasteiger charge is -2.01. The van der Waals surface area contributed by atoms with Crippen molar-refractivity contribution in [2.75, 3.05) is 11.9 Å². The van der Waals surface area contributed by atoms with Gasteiger partial charge in [0.05, 0.1) is 0 Å². The lowest BCUT2D eigenvalue weighted by atomic mass is 10.5. The number of hydrogen-bond donors (Lipinski definition) is 1. The van der Waals surface area contributed by atoms with E-state index >= 15 is 0 Å². The molecule has 0 unspecified atom stereocenters. The average molecular weight is 188 g/mol. The largest absolute Gasteiger partial charge is 0.366 e. The summed E-state index contributed by atoms with van der Waals surface area (Å²) in [6.07, 6.45) is 9.59. The molecule has 2 aromatic heterocycles. The summed E-state index contributed by atoms with van der Waals surface area (Å²) < 4.78 is 1.88. The second-order valence-electron chi connectivity index (χ2n) is 2.90. The zero-order chi connectivity index (χ0) is 9.80. The van der Waals surface area contributed by atoms with Crippen molar-refractivity contribution in [1.82, 2.24) is 14.4 Å². The monoisotopic (exact) mass is 188 g/mol. The molecule has 0 aliphatic heterocycles. The van der Waals surface area contributed by atoms with Gasteiger partial charge in [-0.2, -0.15) is 4.98 Å². The molecule has 4 nitrogen and oxygen atoms in total. The standard InChI is InChI=1S/C10H12N4/c1-2-3-5-11-9-4-7-14-8-6-12-10(14)13-9/h2-4,6-8H,5H2,1H3,(H,11,12,13)/b3-2+. The van der Waals surface area contributed by atoms with Crippen LogP contribution in [0.1, 0.15) is 6.92 Å². The minimum atomic E-state index is 0.718. The number of anilines is 1. The molecule has 0 spiro atoms. The van der Waals surface area contributed by atoms with Crippen molar-refractivity contribution < 1.29 is 0 Å². The van der Waals surface area contributed by atoms with E-state index < -0.39 is 0 Å². The smallest absolute Gasteiger partial charge is 0.235 e. The zero-order valence-electron chi connectivity index (χ0n) is 8.01. The van der Waals surface area contributed by atoms with Crippen molar-refractivity contribution in [3.63, 3.8) is 0 Å². The van der Waals surface area contributed by atoms with Crippen molar-refractivity contribution in [3.05, 3.63) is 36.8 Å². The lowest BCUT2D eigenvalue weighted by molar-refractivity contribution is 1.10. The average Bonchev–Trinajstić information content (AvgIpc) is 2.65. The Hall–Kier alpha value is -1.84. The fourth-order valence-corrected chi connectivity index (χ4v) is 1.18. The van der Waals surface area contributed by atoms with E-state index in [9.17, 15) is 0 Å². The van der Waals surface area contributed by atoms with Gasteiger partial charge < -0.3 is 5.32 Å². The SMILES string of the molecule is C/C=C/CNc1ccn2ccnc2n1. The van der Waals surface area contributed by atoms with Gasteiger partial charge in [-0.1, -0.05) is 12.2 Å². The van der Waals surface area contributed by atoms with Gasteiger partial charge in [-0.25, -0.2) is 4.98 Å². The molecule has 1 N–H and O–H groups in total. The molecule has 0 radical (unpaired) electrons. The number of imidazole rings is 1. The number of aromatic nitrogens is 3. The summed E-state index contributed by atoms with van der Waals surface area (Å²) in [4.78, 5) is 8.42. The Kier molecular flexibility index (Phi) is 2.44. The number of hydrogen-bond acceptors (Lipinski definition) is 3. The number of nitrogens with one attached hydrogen (secondary N) is 1. The first-order valence-electron chi connectivity index (χ1n) is 4.55. The molecule has 72 valence electrons. The Balaban J connectivity index is 2.17. The molecule has 0 aliphatic rings. The van der Waals surface area contributed by atoms with Gasteiger partial charge in [0.25, 0.3) is 0 Å². The lowest BCUT2D eigenvalue weighted by Crippen LogP contribution is -2.01. The van der Waals surface area contributed by atoms with Gasteiger partial charge in [-0.3, -0.25) is 4.40 Å². The minimum absolute atomic E-state index is 0.718. The van der Waals surface area contributed by atoms with E-state index in [0.717, 1.165) is 18.1 Å². The van der Waals surface area contributed by atoms with Crippen LogP contribution in [-0.2, 0) is 0 Å². The van der Waals surface area contributed by atoms with Gasteiger partial charge in [0, 0.05) is 25.1 Å². The summed E-state index contributed by atoms with van der Waals surface area (Å²) in [5, 5.41) is 3.18. The normalized spacial score (nSPS) is 11.2. The van der Waals surface area contributed by atoms with Crippen LogP contribution < -0.4 is 5.32 Å². The maximum atomic E-state index is 4.31. The maximum Gasteiger partial charge on any atom is 0.235 e. The molecule has 0 aromatic carbocycles. The van der Waals surface area contributed by atoms with Crippen LogP contribution in [0.4, 0.5) is 5.82 Å². The number of nitrogens with zero attached hydrogens (tertiary/aromatic N) is 3. The highest BCUT2D eigenvalue weighted by Gasteiger charge is 1.96. The molecule has 0 aliphatic carbocycles. The first-order chi connectivity index (χ1) is 6.90. The van der Waals surface area contributed by atoms with Crippen molar-refractivity contribution in [2.24, 2.45) is 0 Å². The van der Waals surface area contributed by atoms with Gasteiger partial charge in [0.2, 0.25) is 5.78 Å². The summed E-state index contributed by atoms with van der Waals surface area (Å²) in [7, 11) is 0. The van der Waals surface area contributed by atoms with E-state index in [-0.39, 0.29) is 0 Å². The molecular formula is C10H12N4. The van der Waals surface area contributed by atoms with Crippen molar-refractivity contribution in [1.29, 1.82) is 0 Å². The molecule has 2 rings (SSSR count). The van der Waals surface area contributed by atoms with E-state index in [1.54, 1.807) is 6.20 Å². The van der Waals surface area contributed by atoms with Crippen LogP contribution in [0.15, 0.2) is 36.8 Å². The molecule has 4 heteroatoms. The van der Waals surface area contributed by atoms with Crippen LogP contribution >= 0.6 is 0 Å². The maximum absolute atomic E-state index is 4.31. The van der Waals surface area contributed by atoms with Crippen LogP contribution in [-0.4, -0.2) is 20.9 Å². The summed E-state index contributed by atoms with van der Waals surface area (Å²) in [6, 6.07) is 1.93. The van der Waals surface area contributed by atoms with Crippen molar-refractivity contribution in [3.8, 4) is 0 Å². The Labute approximate surface area is 82.3 Å². The van der Waals surface area contributed by atoms with Crippen LogP contribution in [0.3, 0.4) is 0 Å². The highest BCUT2D eigenvalue weighted by atomic mass is 15.1. The molecule has 2 aromatic rings. The van der Waals surface area contributed by atoms with Crippen LogP contribution in [0.5, 0.6) is 0 Å².